The molecule has 120 valence electrons. The van der Waals surface area contributed by atoms with Gasteiger partial charge in [-0.15, -0.1) is 23.7 Å². The molecule has 1 fully saturated rings. The highest BCUT2D eigenvalue weighted by Gasteiger charge is 2.37. The first-order valence-corrected chi connectivity index (χ1v) is 8.47. The van der Waals surface area contributed by atoms with Gasteiger partial charge in [-0.2, -0.15) is 4.31 Å². The van der Waals surface area contributed by atoms with Crippen LogP contribution in [0.3, 0.4) is 0 Å². The summed E-state index contributed by atoms with van der Waals surface area (Å²) >= 11 is 0.935. The molecule has 2 rings (SSSR count). The summed E-state index contributed by atoms with van der Waals surface area (Å²) in [5, 5.41) is 3.22. The normalized spacial score (nSPS) is 23.4. The number of rotatable bonds is 3. The van der Waals surface area contributed by atoms with Crippen molar-refractivity contribution in [3.8, 4) is 0 Å². The number of hydrogen-bond acceptors (Lipinski definition) is 7. The van der Waals surface area contributed by atoms with Crippen molar-refractivity contribution < 1.29 is 17.9 Å². The van der Waals surface area contributed by atoms with Gasteiger partial charge in [0.15, 0.2) is 9.90 Å². The Morgan fingerprint density at radius 1 is 1.52 bits per heavy atom. The fourth-order valence-corrected chi connectivity index (χ4v) is 5.05. The molecule has 1 N–H and O–H groups in total. The van der Waals surface area contributed by atoms with Gasteiger partial charge in [-0.3, -0.25) is 0 Å². The van der Waals surface area contributed by atoms with Crippen molar-refractivity contribution in [3.05, 3.63) is 11.2 Å². The van der Waals surface area contributed by atoms with Crippen LogP contribution in [0.2, 0.25) is 0 Å². The fourth-order valence-electron chi connectivity index (χ4n) is 2.08. The summed E-state index contributed by atoms with van der Waals surface area (Å²) in [7, 11) is -2.54. The molecule has 0 radical (unpaired) electrons. The van der Waals surface area contributed by atoms with Gasteiger partial charge < -0.3 is 10.1 Å². The van der Waals surface area contributed by atoms with Crippen molar-refractivity contribution in [2.75, 3.05) is 20.2 Å². The molecule has 0 amide bonds. The molecule has 0 bridgehead atoms. The van der Waals surface area contributed by atoms with E-state index in [0.29, 0.717) is 13.1 Å². The third-order valence-electron chi connectivity index (χ3n) is 3.16. The van der Waals surface area contributed by atoms with Crippen LogP contribution in [0.1, 0.15) is 24.3 Å². The van der Waals surface area contributed by atoms with Gasteiger partial charge >= 0.3 is 5.97 Å². The number of aromatic nitrogens is 1. The lowest BCUT2D eigenvalue weighted by Gasteiger charge is -2.36. The topological polar surface area (TPSA) is 88.6 Å². The number of thiazole rings is 1. The number of ether oxygens (including phenoxy) is 1. The van der Waals surface area contributed by atoms with E-state index in [1.807, 2.05) is 13.8 Å². The molecule has 0 aliphatic carbocycles. The van der Waals surface area contributed by atoms with Crippen molar-refractivity contribution in [1.29, 1.82) is 0 Å². The Labute approximate surface area is 134 Å². The highest BCUT2D eigenvalue weighted by Crippen LogP contribution is 2.27. The van der Waals surface area contributed by atoms with Gasteiger partial charge in [0.1, 0.15) is 0 Å². The van der Waals surface area contributed by atoms with Gasteiger partial charge in [-0.25, -0.2) is 18.2 Å². The average molecular weight is 356 g/mol. The van der Waals surface area contributed by atoms with Crippen LogP contribution in [-0.4, -0.2) is 56.0 Å². The first-order valence-electron chi connectivity index (χ1n) is 6.15. The van der Waals surface area contributed by atoms with Gasteiger partial charge in [-0.1, -0.05) is 0 Å². The summed E-state index contributed by atoms with van der Waals surface area (Å²) < 4.78 is 31.3. The van der Waals surface area contributed by atoms with Crippen LogP contribution in [-0.2, 0) is 14.8 Å². The number of sulfonamides is 1. The lowest BCUT2D eigenvalue weighted by atomic mass is 10.2. The molecule has 0 saturated carbocycles. The lowest BCUT2D eigenvalue weighted by molar-refractivity contribution is 0.0590. The number of nitrogens with zero attached hydrogens (tertiary/aromatic N) is 2. The van der Waals surface area contributed by atoms with Crippen LogP contribution in [0, 0.1) is 0 Å². The monoisotopic (exact) mass is 355 g/mol. The van der Waals surface area contributed by atoms with E-state index in [2.05, 4.69) is 15.0 Å². The number of hydrogen-bond donors (Lipinski definition) is 1. The maximum absolute atomic E-state index is 12.7. The zero-order chi connectivity index (χ0) is 14.9. The molecular weight excluding hydrogens is 338 g/mol. The van der Waals surface area contributed by atoms with Crippen LogP contribution >= 0.6 is 23.7 Å². The van der Waals surface area contributed by atoms with E-state index in [1.54, 1.807) is 0 Å². The number of piperazine rings is 1. The molecule has 1 aromatic rings. The molecule has 0 aromatic carbocycles. The predicted molar refractivity (Wildman–Crippen MR) is 81.5 cm³/mol. The summed E-state index contributed by atoms with van der Waals surface area (Å²) in [6, 6.07) is -0.112. The third kappa shape index (κ3) is 3.54. The summed E-state index contributed by atoms with van der Waals surface area (Å²) in [5.41, 5.74) is 1.20. The highest BCUT2D eigenvalue weighted by atomic mass is 35.5. The van der Waals surface area contributed by atoms with Gasteiger partial charge in [0.05, 0.1) is 12.6 Å². The van der Waals surface area contributed by atoms with Crippen molar-refractivity contribution >= 4 is 39.7 Å². The second kappa shape index (κ2) is 7.01. The number of halogens is 1. The molecule has 21 heavy (non-hydrogen) atoms. The molecule has 0 spiro atoms. The maximum atomic E-state index is 12.7. The van der Waals surface area contributed by atoms with Crippen molar-refractivity contribution in [3.63, 3.8) is 0 Å². The van der Waals surface area contributed by atoms with Crippen molar-refractivity contribution in [2.45, 2.75) is 30.1 Å². The minimum Gasteiger partial charge on any atom is -0.464 e. The molecule has 1 saturated heterocycles. The van der Waals surface area contributed by atoms with Crippen molar-refractivity contribution in [2.24, 2.45) is 0 Å². The highest BCUT2D eigenvalue weighted by molar-refractivity contribution is 7.91. The van der Waals surface area contributed by atoms with E-state index in [1.165, 1.54) is 16.9 Å². The average Bonchev–Trinajstić information content (AvgIpc) is 2.90. The zero-order valence-electron chi connectivity index (χ0n) is 11.9. The molecule has 2 heterocycles. The Balaban J connectivity index is 0.00000220. The van der Waals surface area contributed by atoms with E-state index in [-0.39, 0.29) is 34.4 Å². The van der Waals surface area contributed by atoms with Crippen LogP contribution in [0.5, 0.6) is 0 Å². The second-order valence-electron chi connectivity index (χ2n) is 4.71. The number of nitrogens with one attached hydrogen (secondary N) is 1. The summed E-state index contributed by atoms with van der Waals surface area (Å²) in [4.78, 5) is 15.4. The van der Waals surface area contributed by atoms with E-state index in [0.717, 1.165) is 11.3 Å². The molecule has 10 heteroatoms. The summed E-state index contributed by atoms with van der Waals surface area (Å²) in [6.45, 7) is 4.69. The van der Waals surface area contributed by atoms with Gasteiger partial charge in [-0.05, 0) is 13.8 Å². The molecule has 2 atom stereocenters. The number of esters is 1. The number of carbonyl (C=O) groups is 1. The quantitative estimate of drug-likeness (QED) is 0.804. The lowest BCUT2D eigenvalue weighted by Crippen LogP contribution is -2.56. The smallest absolute Gasteiger partial charge is 0.358 e. The van der Waals surface area contributed by atoms with Crippen molar-refractivity contribution in [1.82, 2.24) is 14.6 Å². The summed E-state index contributed by atoms with van der Waals surface area (Å²) in [6.07, 6.45) is 0. The van der Waals surface area contributed by atoms with Crippen LogP contribution in [0.4, 0.5) is 0 Å². The van der Waals surface area contributed by atoms with Crippen LogP contribution in [0.15, 0.2) is 9.72 Å². The van der Waals surface area contributed by atoms with E-state index in [4.69, 9.17) is 0 Å². The van der Waals surface area contributed by atoms with E-state index < -0.39 is 16.0 Å². The Morgan fingerprint density at radius 2 is 2.19 bits per heavy atom. The largest absolute Gasteiger partial charge is 0.464 e. The molecule has 1 aliphatic rings. The first kappa shape index (κ1) is 18.3. The zero-order valence-corrected chi connectivity index (χ0v) is 14.3. The van der Waals surface area contributed by atoms with E-state index >= 15 is 0 Å². The van der Waals surface area contributed by atoms with Gasteiger partial charge in [0.25, 0.3) is 10.0 Å². The molecule has 1 aliphatic heterocycles. The fraction of sp³-hybridized carbons (Fsp3) is 0.636. The van der Waals surface area contributed by atoms with E-state index in [9.17, 15) is 13.2 Å². The SMILES string of the molecule is COC(=O)c1ncsc1S(=O)(=O)N1CC(C)NCC1C.Cl. The maximum Gasteiger partial charge on any atom is 0.358 e. The molecule has 2 unspecified atom stereocenters. The Hall–Kier alpha value is -0.740. The van der Waals surface area contributed by atoms with Gasteiger partial charge in [0, 0.05) is 25.2 Å². The Bertz CT molecular complexity index is 604. The Kier molecular flexibility index (Phi) is 6.11. The number of carbonyl (C=O) groups excluding carboxylic acids is 1. The summed E-state index contributed by atoms with van der Waals surface area (Å²) in [5.74, 6) is -0.735. The predicted octanol–water partition coefficient (Wildman–Crippen LogP) is 0.722. The second-order valence-corrected chi connectivity index (χ2v) is 7.65. The first-order chi connectivity index (χ1) is 9.37. The molecule has 1 aromatic heterocycles. The van der Waals surface area contributed by atoms with Crippen LogP contribution in [0.25, 0.3) is 0 Å². The standard InChI is InChI=1S/C11H17N3O4S2.ClH/c1-7-5-14(8(2)4-12-7)20(16,17)11-9(10(15)18-3)13-6-19-11;/h6-8,12H,4-5H2,1-3H3;1H. The number of methoxy groups -OCH3 is 1. The Morgan fingerprint density at radius 3 is 2.81 bits per heavy atom. The minimum atomic E-state index is -3.74. The molecular formula is C11H18ClN3O4S2. The minimum absolute atomic E-state index is 0. The molecule has 7 nitrogen and oxygen atoms in total. The van der Waals surface area contributed by atoms with Gasteiger partial charge in [0.2, 0.25) is 0 Å². The van der Waals surface area contributed by atoms with Crippen LogP contribution < -0.4 is 5.32 Å². The third-order valence-corrected chi connectivity index (χ3v) is 6.49.